The van der Waals surface area contributed by atoms with Gasteiger partial charge in [0, 0.05) is 7.05 Å². The molecule has 0 N–H and O–H groups in total. The van der Waals surface area contributed by atoms with Gasteiger partial charge in [0.25, 0.3) is 0 Å². The third-order valence-corrected chi connectivity index (χ3v) is 0.281. The molecule has 0 aliphatic carbocycles. The summed E-state index contributed by atoms with van der Waals surface area (Å²) in [6, 6.07) is 0. The first-order chi connectivity index (χ1) is 2.81. The van der Waals surface area contributed by atoms with Crippen LogP contribution in [0.1, 0.15) is 0 Å². The van der Waals surface area contributed by atoms with E-state index in [1.54, 1.807) is 0 Å². The van der Waals surface area contributed by atoms with Crippen LogP contribution in [0.3, 0.4) is 0 Å². The lowest BCUT2D eigenvalue weighted by molar-refractivity contribution is -0.117. The SMILES string of the molecule is CN(C=O)N=O. The van der Waals surface area contributed by atoms with Crippen LogP contribution in [0.4, 0.5) is 0 Å². The minimum absolute atomic E-state index is 0.326. The summed E-state index contributed by atoms with van der Waals surface area (Å²) in [6.07, 6.45) is 0.326. The van der Waals surface area contributed by atoms with Crippen LogP contribution in [0, 0.1) is 4.91 Å². The first-order valence-corrected chi connectivity index (χ1v) is 1.32. The van der Waals surface area contributed by atoms with Gasteiger partial charge in [0.1, 0.15) is 0 Å². The predicted octanol–water partition coefficient (Wildman–Crippen LogP) is -0.244. The Morgan fingerprint density at radius 3 is 2.33 bits per heavy atom. The van der Waals surface area contributed by atoms with Crippen LogP contribution < -0.4 is 0 Å². The quantitative estimate of drug-likeness (QED) is 0.265. The van der Waals surface area contributed by atoms with E-state index in [0.717, 1.165) is 0 Å². The molecule has 0 aromatic rings. The highest BCUT2D eigenvalue weighted by molar-refractivity contribution is 5.45. The largest absolute Gasteiger partial charge is 0.277 e. The van der Waals surface area contributed by atoms with Crippen LogP contribution in [0.25, 0.3) is 0 Å². The van der Waals surface area contributed by atoms with Crippen LogP contribution in [0.15, 0.2) is 5.29 Å². The Bertz CT molecular complexity index is 54.6. The zero-order chi connectivity index (χ0) is 4.99. The maximum atomic E-state index is 9.37. The van der Waals surface area contributed by atoms with Crippen LogP contribution in [-0.2, 0) is 4.79 Å². The molecule has 0 atom stereocenters. The maximum Gasteiger partial charge on any atom is 0.232 e. The van der Waals surface area contributed by atoms with Crippen molar-refractivity contribution >= 4 is 6.41 Å². The third kappa shape index (κ3) is 1.40. The molecule has 0 rings (SSSR count). The van der Waals surface area contributed by atoms with Gasteiger partial charge in [-0.3, -0.25) is 4.79 Å². The molecule has 0 spiro atoms. The normalized spacial score (nSPS) is 6.83. The summed E-state index contributed by atoms with van der Waals surface area (Å²) >= 11 is 0. The number of hydrogen-bond donors (Lipinski definition) is 0. The summed E-state index contributed by atoms with van der Waals surface area (Å²) in [7, 11) is 1.26. The molecule has 0 heterocycles. The molecule has 0 radical (unpaired) electrons. The van der Waals surface area contributed by atoms with E-state index in [-0.39, 0.29) is 0 Å². The second-order valence-corrected chi connectivity index (χ2v) is 0.761. The lowest BCUT2D eigenvalue weighted by Gasteiger charge is -1.88. The van der Waals surface area contributed by atoms with E-state index < -0.39 is 0 Å². The van der Waals surface area contributed by atoms with E-state index in [9.17, 15) is 9.70 Å². The van der Waals surface area contributed by atoms with Crippen molar-refractivity contribution in [2.75, 3.05) is 7.05 Å². The average Bonchev–Trinajstić information content (AvgIpc) is 1.65. The Morgan fingerprint density at radius 1 is 1.83 bits per heavy atom. The molecular formula is C2H4N2O2. The highest BCUT2D eigenvalue weighted by atomic mass is 16.3. The second-order valence-electron chi connectivity index (χ2n) is 0.761. The average molecular weight is 88.1 g/mol. The summed E-state index contributed by atoms with van der Waals surface area (Å²) in [5.41, 5.74) is 0. The van der Waals surface area contributed by atoms with Crippen LogP contribution in [0.2, 0.25) is 0 Å². The summed E-state index contributed by atoms with van der Waals surface area (Å²) in [5, 5.41) is 2.86. The van der Waals surface area contributed by atoms with Crippen LogP contribution in [-0.4, -0.2) is 18.5 Å². The third-order valence-electron chi connectivity index (χ3n) is 0.281. The van der Waals surface area contributed by atoms with E-state index in [0.29, 0.717) is 11.4 Å². The van der Waals surface area contributed by atoms with Gasteiger partial charge in [-0.15, -0.1) is 4.91 Å². The molecule has 0 aromatic carbocycles. The van der Waals surface area contributed by atoms with E-state index in [1.165, 1.54) is 7.05 Å². The number of amides is 1. The molecular weight excluding hydrogens is 84.0 g/mol. The Hall–Kier alpha value is -0.930. The first-order valence-electron chi connectivity index (χ1n) is 1.32. The second kappa shape index (κ2) is 2.32. The molecule has 6 heavy (non-hydrogen) atoms. The number of carbonyl (C=O) groups excluding carboxylic acids is 1. The number of rotatable bonds is 2. The highest BCUT2D eigenvalue weighted by Gasteiger charge is 1.80. The van der Waals surface area contributed by atoms with Gasteiger partial charge in [0.2, 0.25) is 6.41 Å². The molecule has 0 aliphatic rings. The molecule has 4 heteroatoms. The van der Waals surface area contributed by atoms with Crippen molar-refractivity contribution < 1.29 is 4.79 Å². The molecule has 0 fully saturated rings. The monoisotopic (exact) mass is 88.0 g/mol. The van der Waals surface area contributed by atoms with E-state index in [4.69, 9.17) is 0 Å². The molecule has 0 aliphatic heterocycles. The summed E-state index contributed by atoms with van der Waals surface area (Å²) in [5.74, 6) is 0. The fraction of sp³-hybridized carbons (Fsp3) is 0.500. The molecule has 0 saturated heterocycles. The van der Waals surface area contributed by atoms with Crippen molar-refractivity contribution in [3.8, 4) is 0 Å². The van der Waals surface area contributed by atoms with Crippen molar-refractivity contribution in [3.63, 3.8) is 0 Å². The van der Waals surface area contributed by atoms with Gasteiger partial charge < -0.3 is 0 Å². The summed E-state index contributed by atoms with van der Waals surface area (Å²) < 4.78 is 0. The molecule has 0 bridgehead atoms. The number of hydrogen-bond acceptors (Lipinski definition) is 3. The lowest BCUT2D eigenvalue weighted by atomic mass is 11.2. The van der Waals surface area contributed by atoms with Gasteiger partial charge >= 0.3 is 0 Å². The molecule has 34 valence electrons. The Kier molecular flexibility index (Phi) is 1.96. The molecule has 0 unspecified atom stereocenters. The highest BCUT2D eigenvalue weighted by Crippen LogP contribution is 1.67. The Morgan fingerprint density at radius 2 is 2.33 bits per heavy atom. The van der Waals surface area contributed by atoms with Crippen LogP contribution in [0.5, 0.6) is 0 Å². The van der Waals surface area contributed by atoms with Gasteiger partial charge in [-0.1, -0.05) is 0 Å². The van der Waals surface area contributed by atoms with E-state index >= 15 is 0 Å². The molecule has 0 aromatic heterocycles. The van der Waals surface area contributed by atoms with Crippen molar-refractivity contribution in [3.05, 3.63) is 4.91 Å². The standard InChI is InChI=1S/C2H4N2O2/c1-4(2-5)3-6/h2H,1H3. The molecule has 1 amide bonds. The van der Waals surface area contributed by atoms with Crippen molar-refractivity contribution in [2.24, 2.45) is 5.29 Å². The minimum Gasteiger partial charge on any atom is -0.277 e. The molecule has 0 saturated carbocycles. The topological polar surface area (TPSA) is 49.7 Å². The Labute approximate surface area is 34.7 Å². The van der Waals surface area contributed by atoms with E-state index in [2.05, 4.69) is 5.29 Å². The zero-order valence-corrected chi connectivity index (χ0v) is 3.29. The number of carbonyl (C=O) groups is 1. The van der Waals surface area contributed by atoms with E-state index in [1.807, 2.05) is 0 Å². The van der Waals surface area contributed by atoms with Crippen LogP contribution >= 0.6 is 0 Å². The summed E-state index contributed by atoms with van der Waals surface area (Å²) in [4.78, 5) is 18.5. The zero-order valence-electron chi connectivity index (χ0n) is 3.29. The summed E-state index contributed by atoms with van der Waals surface area (Å²) in [6.45, 7) is 0. The lowest BCUT2D eigenvalue weighted by Crippen LogP contribution is -2.04. The van der Waals surface area contributed by atoms with Gasteiger partial charge in [-0.25, -0.2) is 5.01 Å². The van der Waals surface area contributed by atoms with Crippen molar-refractivity contribution in [2.45, 2.75) is 0 Å². The number of nitrogens with zero attached hydrogens (tertiary/aromatic N) is 2. The maximum absolute atomic E-state index is 9.37. The number of nitroso groups, excluding NO2 is 1. The fourth-order valence-electron chi connectivity index (χ4n) is 0.0192. The van der Waals surface area contributed by atoms with Crippen molar-refractivity contribution in [1.82, 2.24) is 5.01 Å². The smallest absolute Gasteiger partial charge is 0.232 e. The molecule has 4 nitrogen and oxygen atoms in total. The van der Waals surface area contributed by atoms with Gasteiger partial charge in [0.15, 0.2) is 0 Å². The van der Waals surface area contributed by atoms with Crippen molar-refractivity contribution in [1.29, 1.82) is 0 Å². The van der Waals surface area contributed by atoms with Gasteiger partial charge in [-0.2, -0.15) is 0 Å². The Balaban J connectivity index is 3.21. The predicted molar refractivity (Wildman–Crippen MR) is 19.6 cm³/mol. The minimum atomic E-state index is 0.326. The first kappa shape index (κ1) is 5.07. The van der Waals surface area contributed by atoms with Gasteiger partial charge in [-0.05, 0) is 0 Å². The fourth-order valence-corrected chi connectivity index (χ4v) is 0.0192. The van der Waals surface area contributed by atoms with Gasteiger partial charge in [0.05, 0.1) is 5.29 Å².